The smallest absolute Gasteiger partial charge is 0.123 e. The van der Waals surface area contributed by atoms with Crippen LogP contribution in [-0.2, 0) is 6.42 Å². The highest BCUT2D eigenvalue weighted by molar-refractivity contribution is 9.09. The summed E-state index contributed by atoms with van der Waals surface area (Å²) in [6, 6.07) is 15.1. The first kappa shape index (κ1) is 12.3. The Morgan fingerprint density at radius 2 is 1.88 bits per heavy atom. The van der Waals surface area contributed by atoms with Crippen LogP contribution in [0.1, 0.15) is 21.5 Å². The molecule has 0 saturated carbocycles. The molecule has 2 aromatic rings. The average Bonchev–Trinajstić information content (AvgIpc) is 2.29. The lowest BCUT2D eigenvalue weighted by Gasteiger charge is -2.11. The Morgan fingerprint density at radius 1 is 1.12 bits per heavy atom. The minimum atomic E-state index is -0.175. The highest BCUT2D eigenvalue weighted by Crippen LogP contribution is 2.27. The first-order valence-electron chi connectivity index (χ1n) is 5.60. The number of benzene rings is 2. The van der Waals surface area contributed by atoms with E-state index in [2.05, 4.69) is 41.1 Å². The summed E-state index contributed by atoms with van der Waals surface area (Å²) in [5.41, 5.74) is 3.48. The van der Waals surface area contributed by atoms with Gasteiger partial charge in [-0.3, -0.25) is 0 Å². The zero-order valence-electron chi connectivity index (χ0n) is 9.66. The third-order valence-electron chi connectivity index (χ3n) is 2.71. The second-order valence-electron chi connectivity index (χ2n) is 4.22. The molecule has 1 unspecified atom stereocenters. The van der Waals surface area contributed by atoms with Crippen molar-refractivity contribution in [3.05, 3.63) is 71.0 Å². The molecule has 0 spiro atoms. The third-order valence-corrected chi connectivity index (χ3v) is 3.56. The van der Waals surface area contributed by atoms with Crippen LogP contribution < -0.4 is 0 Å². The molecule has 0 radical (unpaired) electrons. The van der Waals surface area contributed by atoms with Gasteiger partial charge in [0.05, 0.1) is 0 Å². The van der Waals surface area contributed by atoms with Crippen molar-refractivity contribution in [2.24, 2.45) is 0 Å². The van der Waals surface area contributed by atoms with Gasteiger partial charge in [-0.05, 0) is 36.6 Å². The van der Waals surface area contributed by atoms with E-state index in [1.807, 2.05) is 12.1 Å². The summed E-state index contributed by atoms with van der Waals surface area (Å²) in [5, 5.41) is 0. The Hall–Kier alpha value is -1.15. The molecule has 2 rings (SSSR count). The minimum Gasteiger partial charge on any atom is -0.207 e. The Bertz CT molecular complexity index is 508. The van der Waals surface area contributed by atoms with E-state index in [0.717, 1.165) is 12.0 Å². The molecule has 0 aliphatic heterocycles. The van der Waals surface area contributed by atoms with E-state index in [9.17, 15) is 4.39 Å². The highest BCUT2D eigenvalue weighted by atomic mass is 79.9. The fourth-order valence-electron chi connectivity index (χ4n) is 1.85. The summed E-state index contributed by atoms with van der Waals surface area (Å²) < 4.78 is 13.1. The van der Waals surface area contributed by atoms with Crippen molar-refractivity contribution in [1.82, 2.24) is 0 Å². The van der Waals surface area contributed by atoms with Gasteiger partial charge in [0.25, 0.3) is 0 Å². The molecule has 2 aromatic carbocycles. The monoisotopic (exact) mass is 292 g/mol. The van der Waals surface area contributed by atoms with Gasteiger partial charge < -0.3 is 0 Å². The quantitative estimate of drug-likeness (QED) is 0.712. The molecule has 0 amide bonds. The van der Waals surface area contributed by atoms with Crippen molar-refractivity contribution in [3.8, 4) is 0 Å². The van der Waals surface area contributed by atoms with Crippen molar-refractivity contribution < 1.29 is 4.39 Å². The molecule has 0 bridgehead atoms. The van der Waals surface area contributed by atoms with Gasteiger partial charge in [-0.2, -0.15) is 0 Å². The molecule has 0 heterocycles. The van der Waals surface area contributed by atoms with Crippen LogP contribution in [0.15, 0.2) is 48.5 Å². The van der Waals surface area contributed by atoms with E-state index in [1.54, 1.807) is 12.1 Å². The lowest BCUT2D eigenvalue weighted by atomic mass is 10.0. The van der Waals surface area contributed by atoms with Gasteiger partial charge in [-0.25, -0.2) is 4.39 Å². The van der Waals surface area contributed by atoms with Crippen LogP contribution in [0.4, 0.5) is 4.39 Å². The number of rotatable bonds is 3. The maximum Gasteiger partial charge on any atom is 0.123 e. The maximum absolute atomic E-state index is 13.1. The predicted octanol–water partition coefficient (Wildman–Crippen LogP) is 4.81. The largest absolute Gasteiger partial charge is 0.207 e. The summed E-state index contributed by atoms with van der Waals surface area (Å²) in [7, 11) is 0. The minimum absolute atomic E-state index is 0.175. The van der Waals surface area contributed by atoms with Crippen LogP contribution in [0.5, 0.6) is 0 Å². The molecule has 0 fully saturated rings. The Labute approximate surface area is 110 Å². The lowest BCUT2D eigenvalue weighted by Crippen LogP contribution is -1.96. The normalized spacial score (nSPS) is 12.4. The lowest BCUT2D eigenvalue weighted by molar-refractivity contribution is 0.625. The highest BCUT2D eigenvalue weighted by Gasteiger charge is 2.08. The zero-order valence-corrected chi connectivity index (χ0v) is 11.2. The zero-order chi connectivity index (χ0) is 12.3. The molecule has 0 aliphatic rings. The fourth-order valence-corrected chi connectivity index (χ4v) is 2.51. The molecular formula is C15H14BrF. The van der Waals surface area contributed by atoms with E-state index in [4.69, 9.17) is 0 Å². The van der Waals surface area contributed by atoms with Gasteiger partial charge in [-0.15, -0.1) is 0 Å². The molecule has 88 valence electrons. The van der Waals surface area contributed by atoms with Crippen LogP contribution in [0.2, 0.25) is 0 Å². The van der Waals surface area contributed by atoms with Crippen molar-refractivity contribution in [2.45, 2.75) is 18.2 Å². The molecule has 17 heavy (non-hydrogen) atoms. The van der Waals surface area contributed by atoms with Crippen LogP contribution >= 0.6 is 15.9 Å². The van der Waals surface area contributed by atoms with Crippen LogP contribution in [0.3, 0.4) is 0 Å². The van der Waals surface area contributed by atoms with Gasteiger partial charge in [0, 0.05) is 4.83 Å². The maximum atomic E-state index is 13.1. The van der Waals surface area contributed by atoms with Crippen LogP contribution in [0, 0.1) is 12.7 Å². The molecule has 0 saturated heterocycles. The van der Waals surface area contributed by atoms with Gasteiger partial charge in [0.15, 0.2) is 0 Å². The van der Waals surface area contributed by atoms with Gasteiger partial charge in [-0.1, -0.05) is 57.9 Å². The molecule has 0 N–H and O–H groups in total. The summed E-state index contributed by atoms with van der Waals surface area (Å²) >= 11 is 3.66. The van der Waals surface area contributed by atoms with Gasteiger partial charge >= 0.3 is 0 Å². The Morgan fingerprint density at radius 3 is 2.59 bits per heavy atom. The van der Waals surface area contributed by atoms with Crippen molar-refractivity contribution >= 4 is 15.9 Å². The first-order valence-corrected chi connectivity index (χ1v) is 6.52. The topological polar surface area (TPSA) is 0 Å². The van der Waals surface area contributed by atoms with Crippen LogP contribution in [-0.4, -0.2) is 0 Å². The summed E-state index contributed by atoms with van der Waals surface area (Å²) in [5.74, 6) is -0.175. The molecule has 1 atom stereocenters. The molecule has 0 nitrogen and oxygen atoms in total. The summed E-state index contributed by atoms with van der Waals surface area (Å²) in [6.45, 7) is 2.07. The number of hydrogen-bond acceptors (Lipinski definition) is 0. The number of aryl methyl sites for hydroxylation is 1. The summed E-state index contributed by atoms with van der Waals surface area (Å²) in [6.07, 6.45) is 0.793. The van der Waals surface area contributed by atoms with Gasteiger partial charge in [0.1, 0.15) is 5.82 Å². The predicted molar refractivity (Wildman–Crippen MR) is 73.0 cm³/mol. The molecule has 2 heteroatoms. The standard InChI is InChI=1S/C15H14BrF/c1-11-4-2-6-13(8-11)15(16)10-12-5-3-7-14(17)9-12/h2-9,15H,10H2,1H3. The van der Waals surface area contributed by atoms with E-state index >= 15 is 0 Å². The first-order chi connectivity index (χ1) is 8.15. The molecule has 0 aliphatic carbocycles. The van der Waals surface area contributed by atoms with E-state index < -0.39 is 0 Å². The Balaban J connectivity index is 2.14. The van der Waals surface area contributed by atoms with Gasteiger partial charge in [0.2, 0.25) is 0 Å². The number of halogens is 2. The fraction of sp³-hybridized carbons (Fsp3) is 0.200. The second-order valence-corrected chi connectivity index (χ2v) is 5.32. The number of hydrogen-bond donors (Lipinski definition) is 0. The third kappa shape index (κ3) is 3.40. The van der Waals surface area contributed by atoms with Crippen molar-refractivity contribution in [3.63, 3.8) is 0 Å². The van der Waals surface area contributed by atoms with E-state index in [1.165, 1.54) is 17.2 Å². The summed E-state index contributed by atoms with van der Waals surface area (Å²) in [4.78, 5) is 0.226. The number of alkyl halides is 1. The van der Waals surface area contributed by atoms with Crippen LogP contribution in [0.25, 0.3) is 0 Å². The molecular weight excluding hydrogens is 279 g/mol. The van der Waals surface area contributed by atoms with E-state index in [0.29, 0.717) is 0 Å². The Kier molecular flexibility index (Phi) is 3.95. The SMILES string of the molecule is Cc1cccc(C(Br)Cc2cccc(F)c2)c1. The second kappa shape index (κ2) is 5.46. The van der Waals surface area contributed by atoms with Crippen molar-refractivity contribution in [2.75, 3.05) is 0 Å². The van der Waals surface area contributed by atoms with Crippen molar-refractivity contribution in [1.29, 1.82) is 0 Å². The molecule has 0 aromatic heterocycles. The average molecular weight is 293 g/mol. The van der Waals surface area contributed by atoms with E-state index in [-0.39, 0.29) is 10.6 Å².